The van der Waals surface area contributed by atoms with Gasteiger partial charge >= 0.3 is 0 Å². The highest BCUT2D eigenvalue weighted by molar-refractivity contribution is 7.92. The highest BCUT2D eigenvalue weighted by Crippen LogP contribution is 2.17. The SMILES string of the molecule is CCC(CC)N(CCOC)S(=O)(=O)C(C)C(N)=S. The zero-order chi connectivity index (χ0) is 14.3. The molecule has 1 atom stereocenters. The molecule has 0 bridgehead atoms. The van der Waals surface area contributed by atoms with Crippen LogP contribution in [0, 0.1) is 0 Å². The molecule has 0 aliphatic heterocycles. The van der Waals surface area contributed by atoms with E-state index in [1.165, 1.54) is 11.2 Å². The van der Waals surface area contributed by atoms with Crippen molar-refractivity contribution in [2.75, 3.05) is 20.3 Å². The maximum Gasteiger partial charge on any atom is 0.223 e. The second-order valence-corrected chi connectivity index (χ2v) is 6.84. The lowest BCUT2D eigenvalue weighted by Gasteiger charge is -2.31. The summed E-state index contributed by atoms with van der Waals surface area (Å²) in [6.07, 6.45) is 1.51. The lowest BCUT2D eigenvalue weighted by molar-refractivity contribution is 0.163. The third-order valence-corrected chi connectivity index (χ3v) is 5.82. The smallest absolute Gasteiger partial charge is 0.223 e. The summed E-state index contributed by atoms with van der Waals surface area (Å²) in [5.74, 6) is 0. The summed E-state index contributed by atoms with van der Waals surface area (Å²) in [5.41, 5.74) is 5.47. The zero-order valence-corrected chi connectivity index (χ0v) is 13.2. The summed E-state index contributed by atoms with van der Waals surface area (Å²) >= 11 is 4.80. The Labute approximate surface area is 116 Å². The van der Waals surface area contributed by atoms with Crippen LogP contribution in [0.2, 0.25) is 0 Å². The maximum absolute atomic E-state index is 12.4. The molecule has 0 spiro atoms. The van der Waals surface area contributed by atoms with Crippen molar-refractivity contribution in [1.29, 1.82) is 0 Å². The van der Waals surface area contributed by atoms with Gasteiger partial charge < -0.3 is 10.5 Å². The van der Waals surface area contributed by atoms with Gasteiger partial charge in [-0.1, -0.05) is 26.1 Å². The van der Waals surface area contributed by atoms with Crippen LogP contribution < -0.4 is 5.73 Å². The molecular formula is C11H24N2O3S2. The average molecular weight is 296 g/mol. The van der Waals surface area contributed by atoms with Crippen molar-refractivity contribution in [2.24, 2.45) is 5.73 Å². The first-order valence-electron chi connectivity index (χ1n) is 6.11. The molecule has 0 rings (SSSR count). The Morgan fingerprint density at radius 3 is 2.22 bits per heavy atom. The molecule has 0 aliphatic carbocycles. The number of nitrogens with zero attached hydrogens (tertiary/aromatic N) is 1. The van der Waals surface area contributed by atoms with E-state index in [1.54, 1.807) is 7.11 Å². The molecular weight excluding hydrogens is 272 g/mol. The van der Waals surface area contributed by atoms with Gasteiger partial charge in [-0.2, -0.15) is 4.31 Å². The van der Waals surface area contributed by atoms with Gasteiger partial charge in [-0.15, -0.1) is 0 Å². The fourth-order valence-corrected chi connectivity index (χ4v) is 3.85. The van der Waals surface area contributed by atoms with E-state index < -0.39 is 15.3 Å². The van der Waals surface area contributed by atoms with Gasteiger partial charge in [0.15, 0.2) is 0 Å². The van der Waals surface area contributed by atoms with E-state index in [2.05, 4.69) is 0 Å². The van der Waals surface area contributed by atoms with Crippen LogP contribution >= 0.6 is 12.2 Å². The lowest BCUT2D eigenvalue weighted by atomic mass is 10.2. The molecule has 0 amide bonds. The van der Waals surface area contributed by atoms with Gasteiger partial charge in [0, 0.05) is 19.7 Å². The molecule has 0 aromatic rings. The summed E-state index contributed by atoms with van der Waals surface area (Å²) in [4.78, 5) is 0.00312. The second-order valence-electron chi connectivity index (χ2n) is 4.16. The Kier molecular flexibility index (Phi) is 7.93. The van der Waals surface area contributed by atoms with Crippen LogP contribution in [-0.2, 0) is 14.8 Å². The zero-order valence-electron chi connectivity index (χ0n) is 11.5. The molecule has 0 aliphatic rings. The average Bonchev–Trinajstić information content (AvgIpc) is 2.33. The minimum absolute atomic E-state index is 0.00312. The number of methoxy groups -OCH3 is 1. The molecule has 0 saturated heterocycles. The molecule has 5 nitrogen and oxygen atoms in total. The molecule has 0 aromatic heterocycles. The summed E-state index contributed by atoms with van der Waals surface area (Å²) in [6.45, 7) is 6.15. The van der Waals surface area contributed by atoms with Crippen molar-refractivity contribution in [3.63, 3.8) is 0 Å². The summed E-state index contributed by atoms with van der Waals surface area (Å²) < 4.78 is 31.3. The highest BCUT2D eigenvalue weighted by atomic mass is 32.2. The predicted molar refractivity (Wildman–Crippen MR) is 78.1 cm³/mol. The molecule has 1 unspecified atom stereocenters. The van der Waals surface area contributed by atoms with Crippen molar-refractivity contribution in [2.45, 2.75) is 44.9 Å². The number of rotatable bonds is 9. The van der Waals surface area contributed by atoms with Crippen molar-refractivity contribution in [1.82, 2.24) is 4.31 Å². The monoisotopic (exact) mass is 296 g/mol. The van der Waals surface area contributed by atoms with Crippen LogP contribution in [0.1, 0.15) is 33.6 Å². The standard InChI is InChI=1S/C11H24N2O3S2/c1-5-10(6-2)13(7-8-16-4)18(14,15)9(3)11(12)17/h9-10H,5-8H2,1-4H3,(H2,12,17). The first kappa shape index (κ1) is 17.8. The Bertz CT molecular complexity index is 353. The molecule has 0 heterocycles. The molecule has 7 heteroatoms. The van der Waals surface area contributed by atoms with E-state index in [-0.39, 0.29) is 11.0 Å². The Morgan fingerprint density at radius 1 is 1.39 bits per heavy atom. The van der Waals surface area contributed by atoms with Crippen molar-refractivity contribution >= 4 is 27.2 Å². The number of thiocarbonyl (C=S) groups is 1. The van der Waals surface area contributed by atoms with Crippen LogP contribution in [0.15, 0.2) is 0 Å². The van der Waals surface area contributed by atoms with Gasteiger partial charge in [-0.3, -0.25) is 0 Å². The molecule has 0 radical (unpaired) electrons. The van der Waals surface area contributed by atoms with Crippen LogP contribution in [-0.4, -0.2) is 49.3 Å². The number of nitrogens with two attached hydrogens (primary N) is 1. The van der Waals surface area contributed by atoms with Gasteiger partial charge in [-0.05, 0) is 19.8 Å². The van der Waals surface area contributed by atoms with E-state index in [9.17, 15) is 8.42 Å². The topological polar surface area (TPSA) is 72.6 Å². The minimum atomic E-state index is -3.51. The lowest BCUT2D eigenvalue weighted by Crippen LogP contribution is -2.48. The van der Waals surface area contributed by atoms with E-state index in [0.717, 1.165) is 12.8 Å². The second kappa shape index (κ2) is 8.04. The quantitative estimate of drug-likeness (QED) is 0.646. The van der Waals surface area contributed by atoms with Crippen LogP contribution in [0.4, 0.5) is 0 Å². The van der Waals surface area contributed by atoms with Crippen molar-refractivity contribution in [3.05, 3.63) is 0 Å². The summed E-state index contributed by atoms with van der Waals surface area (Å²) in [6, 6.07) is -0.0399. The normalized spacial score (nSPS) is 14.1. The largest absolute Gasteiger partial charge is 0.392 e. The van der Waals surface area contributed by atoms with E-state index >= 15 is 0 Å². The van der Waals surface area contributed by atoms with Crippen LogP contribution in [0.5, 0.6) is 0 Å². The van der Waals surface area contributed by atoms with Gasteiger partial charge in [0.05, 0.1) is 11.6 Å². The van der Waals surface area contributed by atoms with E-state index in [1.807, 2.05) is 13.8 Å². The number of hydrogen-bond donors (Lipinski definition) is 1. The fraction of sp³-hybridized carbons (Fsp3) is 0.909. The van der Waals surface area contributed by atoms with Crippen LogP contribution in [0.25, 0.3) is 0 Å². The number of ether oxygens (including phenoxy) is 1. The molecule has 18 heavy (non-hydrogen) atoms. The van der Waals surface area contributed by atoms with Gasteiger partial charge in [0.25, 0.3) is 0 Å². The Morgan fingerprint density at radius 2 is 1.89 bits per heavy atom. The Hall–Kier alpha value is -0.240. The van der Waals surface area contributed by atoms with Crippen molar-refractivity contribution in [3.8, 4) is 0 Å². The summed E-state index contributed by atoms with van der Waals surface area (Å²) in [7, 11) is -1.96. The molecule has 0 fully saturated rings. The van der Waals surface area contributed by atoms with Gasteiger partial charge in [0.1, 0.15) is 5.25 Å². The maximum atomic E-state index is 12.4. The van der Waals surface area contributed by atoms with E-state index in [0.29, 0.717) is 13.2 Å². The summed E-state index contributed by atoms with van der Waals surface area (Å²) in [5, 5.41) is -0.843. The first-order chi connectivity index (χ1) is 8.32. The van der Waals surface area contributed by atoms with E-state index in [4.69, 9.17) is 22.7 Å². The molecule has 0 aromatic carbocycles. The number of sulfonamides is 1. The van der Waals surface area contributed by atoms with Crippen LogP contribution in [0.3, 0.4) is 0 Å². The number of hydrogen-bond acceptors (Lipinski definition) is 4. The Balaban J connectivity index is 5.22. The van der Waals surface area contributed by atoms with Crippen molar-refractivity contribution < 1.29 is 13.2 Å². The molecule has 0 saturated carbocycles. The minimum Gasteiger partial charge on any atom is -0.392 e. The third kappa shape index (κ3) is 4.46. The van der Waals surface area contributed by atoms with Gasteiger partial charge in [-0.25, -0.2) is 8.42 Å². The molecule has 108 valence electrons. The van der Waals surface area contributed by atoms with Gasteiger partial charge in [0.2, 0.25) is 10.0 Å². The first-order valence-corrected chi connectivity index (χ1v) is 8.02. The predicted octanol–water partition coefficient (Wildman–Crippen LogP) is 1.13. The molecule has 2 N–H and O–H groups in total. The highest BCUT2D eigenvalue weighted by Gasteiger charge is 2.33. The third-order valence-electron chi connectivity index (χ3n) is 3.04. The fourth-order valence-electron chi connectivity index (χ4n) is 1.74.